The van der Waals surface area contributed by atoms with E-state index < -0.39 is 0 Å². The number of hydrogen-bond donors (Lipinski definition) is 1. The Hall–Kier alpha value is -2.66. The van der Waals surface area contributed by atoms with Gasteiger partial charge in [-0.3, -0.25) is 9.69 Å². The Balaban J connectivity index is 0.00000289. The number of aliphatic hydroxyl groups excluding tert-OH is 1. The Morgan fingerprint density at radius 3 is 1.81 bits per heavy atom. The summed E-state index contributed by atoms with van der Waals surface area (Å²) in [5, 5.41) is 9.99. The number of likely N-dealkylation sites (tertiary alicyclic amines) is 1. The van der Waals surface area contributed by atoms with Crippen molar-refractivity contribution in [2.75, 3.05) is 26.7 Å². The van der Waals surface area contributed by atoms with E-state index >= 15 is 0 Å². The number of rotatable bonds is 7. The second kappa shape index (κ2) is 11.3. The predicted molar refractivity (Wildman–Crippen MR) is 131 cm³/mol. The van der Waals surface area contributed by atoms with E-state index in [4.69, 9.17) is 0 Å². The molecule has 1 aliphatic rings. The lowest BCUT2D eigenvalue weighted by atomic mass is 9.89. The number of benzene rings is 3. The number of amides is 1. The number of carbonyl (C=O) groups is 1. The summed E-state index contributed by atoms with van der Waals surface area (Å²) in [6.45, 7) is 2.22. The highest BCUT2D eigenvalue weighted by atomic mass is 35.5. The number of halogens is 1. The number of carbonyl (C=O) groups excluding carboxylic acids is 1. The molecule has 3 aromatic rings. The van der Waals surface area contributed by atoms with E-state index in [1.807, 2.05) is 90.8 Å². The van der Waals surface area contributed by atoms with Crippen molar-refractivity contribution in [2.24, 2.45) is 0 Å². The lowest BCUT2D eigenvalue weighted by Crippen LogP contribution is -2.41. The van der Waals surface area contributed by atoms with E-state index in [2.05, 4.69) is 17.0 Å². The summed E-state index contributed by atoms with van der Waals surface area (Å²) in [5.74, 6) is -0.284. The van der Waals surface area contributed by atoms with Gasteiger partial charge in [-0.25, -0.2) is 0 Å². The molecule has 0 spiro atoms. The van der Waals surface area contributed by atoms with Crippen LogP contribution in [-0.4, -0.2) is 53.6 Å². The zero-order valence-corrected chi connectivity index (χ0v) is 19.2. The Labute approximate surface area is 196 Å². The SMILES string of the molecule is CN(C(=O)C(c1ccccc1)c1ccccc1)C(CN1CCC(O)C1)c1ccccc1.Cl. The maximum Gasteiger partial charge on any atom is 0.234 e. The summed E-state index contributed by atoms with van der Waals surface area (Å²) in [5.41, 5.74) is 3.10. The molecule has 1 amide bonds. The molecule has 1 aliphatic heterocycles. The molecular formula is C27H31ClN2O2. The molecule has 2 unspecified atom stereocenters. The van der Waals surface area contributed by atoms with E-state index in [0.717, 1.165) is 29.7 Å². The summed E-state index contributed by atoms with van der Waals surface area (Å²) in [7, 11) is 1.91. The van der Waals surface area contributed by atoms with Gasteiger partial charge in [-0.05, 0) is 23.1 Å². The van der Waals surface area contributed by atoms with Crippen molar-refractivity contribution in [3.8, 4) is 0 Å². The zero-order valence-electron chi connectivity index (χ0n) is 18.4. The van der Waals surface area contributed by atoms with E-state index in [9.17, 15) is 9.90 Å². The fraction of sp³-hybridized carbons (Fsp3) is 0.296. The van der Waals surface area contributed by atoms with Crippen LogP contribution in [0, 0.1) is 0 Å². The Morgan fingerprint density at radius 1 is 0.906 bits per heavy atom. The zero-order chi connectivity index (χ0) is 21.6. The molecule has 32 heavy (non-hydrogen) atoms. The van der Waals surface area contributed by atoms with Gasteiger partial charge in [0.2, 0.25) is 5.91 Å². The molecule has 3 aromatic carbocycles. The van der Waals surface area contributed by atoms with Gasteiger partial charge >= 0.3 is 0 Å². The van der Waals surface area contributed by atoms with E-state index in [0.29, 0.717) is 13.1 Å². The molecule has 4 nitrogen and oxygen atoms in total. The lowest BCUT2D eigenvalue weighted by Gasteiger charge is -2.34. The van der Waals surface area contributed by atoms with Crippen molar-refractivity contribution >= 4 is 18.3 Å². The molecule has 2 atom stereocenters. The quantitative estimate of drug-likeness (QED) is 0.576. The lowest BCUT2D eigenvalue weighted by molar-refractivity contribution is -0.133. The maximum absolute atomic E-state index is 14.0. The maximum atomic E-state index is 14.0. The number of likely N-dealkylation sites (N-methyl/N-ethyl adjacent to an activating group) is 1. The van der Waals surface area contributed by atoms with Gasteiger partial charge in [-0.15, -0.1) is 12.4 Å². The minimum absolute atomic E-state index is 0. The van der Waals surface area contributed by atoms with Crippen LogP contribution in [-0.2, 0) is 4.79 Å². The van der Waals surface area contributed by atoms with Gasteiger partial charge in [0.25, 0.3) is 0 Å². The van der Waals surface area contributed by atoms with Gasteiger partial charge in [0.1, 0.15) is 0 Å². The molecule has 1 N–H and O–H groups in total. The first-order chi connectivity index (χ1) is 15.1. The molecule has 5 heteroatoms. The molecule has 1 saturated heterocycles. The topological polar surface area (TPSA) is 43.8 Å². The van der Waals surface area contributed by atoms with Gasteiger partial charge in [0.15, 0.2) is 0 Å². The van der Waals surface area contributed by atoms with Crippen molar-refractivity contribution in [1.29, 1.82) is 0 Å². The third kappa shape index (κ3) is 5.57. The second-order valence-corrected chi connectivity index (χ2v) is 8.33. The van der Waals surface area contributed by atoms with Crippen molar-refractivity contribution in [3.63, 3.8) is 0 Å². The summed E-state index contributed by atoms with van der Waals surface area (Å²) >= 11 is 0. The standard InChI is InChI=1S/C27H30N2O2.ClH/c1-28(25(21-11-5-2-6-12-21)20-29-18-17-24(30)19-29)27(31)26(22-13-7-3-8-14-22)23-15-9-4-10-16-23;/h2-16,24-26,30H,17-20H2,1H3;1H. The van der Waals surface area contributed by atoms with Crippen LogP contribution in [0.25, 0.3) is 0 Å². The van der Waals surface area contributed by atoms with Gasteiger partial charge < -0.3 is 10.0 Å². The van der Waals surface area contributed by atoms with Crippen molar-refractivity contribution < 1.29 is 9.90 Å². The summed E-state index contributed by atoms with van der Waals surface area (Å²) in [4.78, 5) is 18.1. The van der Waals surface area contributed by atoms with Crippen LogP contribution in [0.2, 0.25) is 0 Å². The molecule has 0 radical (unpaired) electrons. The monoisotopic (exact) mass is 450 g/mol. The number of aliphatic hydroxyl groups is 1. The second-order valence-electron chi connectivity index (χ2n) is 8.33. The molecule has 0 aliphatic carbocycles. The van der Waals surface area contributed by atoms with Gasteiger partial charge in [0.05, 0.1) is 18.1 Å². The highest BCUT2D eigenvalue weighted by Gasteiger charge is 2.32. The Bertz CT molecular complexity index is 929. The van der Waals surface area contributed by atoms with E-state index in [1.165, 1.54) is 0 Å². The first-order valence-electron chi connectivity index (χ1n) is 11.0. The largest absolute Gasteiger partial charge is 0.392 e. The van der Waals surface area contributed by atoms with Crippen LogP contribution in [0.4, 0.5) is 0 Å². The van der Waals surface area contributed by atoms with Gasteiger partial charge in [-0.2, -0.15) is 0 Å². The normalized spacial score (nSPS) is 17.0. The van der Waals surface area contributed by atoms with Crippen LogP contribution in [0.1, 0.15) is 35.1 Å². The molecular weight excluding hydrogens is 420 g/mol. The molecule has 0 aromatic heterocycles. The third-order valence-electron chi connectivity index (χ3n) is 6.19. The Kier molecular flexibility index (Phi) is 8.46. The molecule has 168 valence electrons. The van der Waals surface area contributed by atoms with Crippen molar-refractivity contribution in [3.05, 3.63) is 108 Å². The minimum atomic E-state index is -0.359. The van der Waals surface area contributed by atoms with Crippen molar-refractivity contribution in [2.45, 2.75) is 24.5 Å². The van der Waals surface area contributed by atoms with Crippen LogP contribution >= 0.6 is 12.4 Å². The molecule has 0 bridgehead atoms. The highest BCUT2D eigenvalue weighted by molar-refractivity contribution is 5.87. The number of β-amino-alcohol motifs (C(OH)–C–C–N with tert-alkyl or cyclic N) is 1. The minimum Gasteiger partial charge on any atom is -0.392 e. The van der Waals surface area contributed by atoms with Crippen molar-refractivity contribution in [1.82, 2.24) is 9.80 Å². The summed E-state index contributed by atoms with van der Waals surface area (Å²) in [6, 6.07) is 30.1. The molecule has 1 fully saturated rings. The molecule has 0 saturated carbocycles. The van der Waals surface area contributed by atoms with E-state index in [1.54, 1.807) is 0 Å². The average molecular weight is 451 g/mol. The first kappa shape index (κ1) is 24.0. The Morgan fingerprint density at radius 2 is 1.38 bits per heavy atom. The highest BCUT2D eigenvalue weighted by Crippen LogP contribution is 2.31. The van der Waals surface area contributed by atoms with Crippen LogP contribution in [0.5, 0.6) is 0 Å². The van der Waals surface area contributed by atoms with E-state index in [-0.39, 0.29) is 36.4 Å². The first-order valence-corrected chi connectivity index (χ1v) is 11.0. The summed E-state index contributed by atoms with van der Waals surface area (Å²) < 4.78 is 0. The predicted octanol–water partition coefficient (Wildman–Crippen LogP) is 4.51. The third-order valence-corrected chi connectivity index (χ3v) is 6.19. The summed E-state index contributed by atoms with van der Waals surface area (Å²) in [6.07, 6.45) is 0.509. The van der Waals surface area contributed by atoms with Gasteiger partial charge in [-0.1, -0.05) is 91.0 Å². The molecule has 4 rings (SSSR count). The van der Waals surface area contributed by atoms with Crippen LogP contribution < -0.4 is 0 Å². The van der Waals surface area contributed by atoms with Crippen LogP contribution in [0.3, 0.4) is 0 Å². The number of nitrogens with zero attached hydrogens (tertiary/aromatic N) is 2. The fourth-order valence-electron chi connectivity index (χ4n) is 4.48. The number of hydrogen-bond acceptors (Lipinski definition) is 3. The smallest absolute Gasteiger partial charge is 0.234 e. The van der Waals surface area contributed by atoms with Crippen LogP contribution in [0.15, 0.2) is 91.0 Å². The fourth-order valence-corrected chi connectivity index (χ4v) is 4.48. The van der Waals surface area contributed by atoms with Gasteiger partial charge in [0, 0.05) is 26.7 Å². The molecule has 1 heterocycles. The average Bonchev–Trinajstić information content (AvgIpc) is 3.24.